The van der Waals surface area contributed by atoms with Crippen LogP contribution in [0, 0.1) is 10.8 Å². The van der Waals surface area contributed by atoms with Gasteiger partial charge in [0.25, 0.3) is 0 Å². The Hall–Kier alpha value is -0.810. The van der Waals surface area contributed by atoms with Gasteiger partial charge in [0.05, 0.1) is 6.10 Å². The van der Waals surface area contributed by atoms with Crippen molar-refractivity contribution < 1.29 is 9.47 Å². The molecule has 0 amide bonds. The molecule has 0 saturated heterocycles. The molecule has 0 heterocycles. The van der Waals surface area contributed by atoms with Crippen LogP contribution in [-0.4, -0.2) is 53.0 Å². The van der Waals surface area contributed by atoms with Gasteiger partial charge in [-0.3, -0.25) is 4.99 Å². The molecule has 0 aromatic rings. The van der Waals surface area contributed by atoms with Crippen LogP contribution in [0.1, 0.15) is 46.5 Å². The first kappa shape index (κ1) is 19.2. The number of nitrogens with zero attached hydrogens (tertiary/aromatic N) is 1. The van der Waals surface area contributed by atoms with E-state index in [1.807, 2.05) is 7.05 Å². The Labute approximate surface area is 136 Å². The SMILES string of the molecule is CN=C(NCC(OC)C(C)(C)C)NCC1(CCOC)CCC1. The zero-order valence-electron chi connectivity index (χ0n) is 15.3. The van der Waals surface area contributed by atoms with Crippen LogP contribution in [0.2, 0.25) is 0 Å². The molecule has 1 aliphatic carbocycles. The van der Waals surface area contributed by atoms with Gasteiger partial charge >= 0.3 is 0 Å². The zero-order valence-corrected chi connectivity index (χ0v) is 15.3. The average molecular weight is 313 g/mol. The second kappa shape index (κ2) is 8.73. The van der Waals surface area contributed by atoms with Gasteiger partial charge in [-0.2, -0.15) is 0 Å². The summed E-state index contributed by atoms with van der Waals surface area (Å²) in [5.41, 5.74) is 0.493. The minimum Gasteiger partial charge on any atom is -0.385 e. The van der Waals surface area contributed by atoms with Crippen molar-refractivity contribution in [2.45, 2.75) is 52.6 Å². The van der Waals surface area contributed by atoms with Gasteiger partial charge < -0.3 is 20.1 Å². The van der Waals surface area contributed by atoms with E-state index in [0.29, 0.717) is 5.41 Å². The molecule has 1 atom stereocenters. The van der Waals surface area contributed by atoms with Crippen LogP contribution in [0.25, 0.3) is 0 Å². The van der Waals surface area contributed by atoms with E-state index < -0.39 is 0 Å². The number of hydrogen-bond donors (Lipinski definition) is 2. The molecule has 0 aromatic carbocycles. The summed E-state index contributed by atoms with van der Waals surface area (Å²) in [6, 6.07) is 0. The fraction of sp³-hybridized carbons (Fsp3) is 0.941. The molecule has 0 radical (unpaired) electrons. The topological polar surface area (TPSA) is 54.9 Å². The first-order chi connectivity index (χ1) is 10.4. The third-order valence-corrected chi connectivity index (χ3v) is 4.81. The minimum absolute atomic E-state index is 0.105. The lowest BCUT2D eigenvalue weighted by Gasteiger charge is -2.42. The van der Waals surface area contributed by atoms with Crippen LogP contribution in [0.3, 0.4) is 0 Å². The lowest BCUT2D eigenvalue weighted by atomic mass is 9.67. The maximum Gasteiger partial charge on any atom is 0.191 e. The first-order valence-electron chi connectivity index (χ1n) is 8.33. The zero-order chi connectivity index (χ0) is 16.6. The monoisotopic (exact) mass is 313 g/mol. The molecule has 22 heavy (non-hydrogen) atoms. The summed E-state index contributed by atoms with van der Waals surface area (Å²) in [5.74, 6) is 0.856. The number of aliphatic imine (C=N–C) groups is 1. The van der Waals surface area contributed by atoms with Gasteiger partial charge in [-0.1, -0.05) is 27.2 Å². The molecule has 5 nitrogen and oxygen atoms in total. The number of ether oxygens (including phenoxy) is 2. The summed E-state index contributed by atoms with van der Waals surface area (Å²) >= 11 is 0. The third-order valence-electron chi connectivity index (χ3n) is 4.81. The van der Waals surface area contributed by atoms with Crippen molar-refractivity contribution in [3.8, 4) is 0 Å². The number of hydrogen-bond acceptors (Lipinski definition) is 3. The average Bonchev–Trinajstić information content (AvgIpc) is 2.42. The summed E-state index contributed by atoms with van der Waals surface area (Å²) in [5, 5.41) is 6.87. The number of guanidine groups is 1. The van der Waals surface area contributed by atoms with Gasteiger partial charge in [0.1, 0.15) is 0 Å². The van der Waals surface area contributed by atoms with Crippen molar-refractivity contribution in [3.05, 3.63) is 0 Å². The maximum absolute atomic E-state index is 5.58. The molecular formula is C17H35N3O2. The maximum atomic E-state index is 5.58. The number of nitrogens with one attached hydrogen (secondary N) is 2. The van der Waals surface area contributed by atoms with E-state index in [4.69, 9.17) is 9.47 Å². The van der Waals surface area contributed by atoms with Gasteiger partial charge in [-0.15, -0.1) is 0 Å². The van der Waals surface area contributed by atoms with E-state index in [2.05, 4.69) is 36.4 Å². The van der Waals surface area contributed by atoms with Crippen LogP contribution in [0.5, 0.6) is 0 Å². The van der Waals surface area contributed by atoms with Crippen LogP contribution < -0.4 is 10.6 Å². The van der Waals surface area contributed by atoms with Gasteiger partial charge in [0, 0.05) is 41.0 Å². The van der Waals surface area contributed by atoms with E-state index in [1.165, 1.54) is 19.3 Å². The van der Waals surface area contributed by atoms with E-state index >= 15 is 0 Å². The van der Waals surface area contributed by atoms with E-state index in [9.17, 15) is 0 Å². The Morgan fingerprint density at radius 2 is 1.91 bits per heavy atom. The Balaban J connectivity index is 2.42. The predicted octanol–water partition coefficient (Wildman–Crippen LogP) is 2.42. The van der Waals surface area contributed by atoms with Gasteiger partial charge in [0.2, 0.25) is 0 Å². The molecule has 130 valence electrons. The Kier molecular flexibility index (Phi) is 7.63. The molecule has 1 fully saturated rings. The van der Waals surface area contributed by atoms with Crippen LogP contribution in [-0.2, 0) is 9.47 Å². The summed E-state index contributed by atoms with van der Waals surface area (Å²) in [7, 11) is 5.36. The summed E-state index contributed by atoms with van der Waals surface area (Å²) in [4.78, 5) is 4.33. The second-order valence-electron chi connectivity index (χ2n) is 7.49. The highest BCUT2D eigenvalue weighted by molar-refractivity contribution is 5.79. The molecule has 0 aromatic heterocycles. The van der Waals surface area contributed by atoms with E-state index in [-0.39, 0.29) is 11.5 Å². The van der Waals surface area contributed by atoms with Crippen LogP contribution in [0.4, 0.5) is 0 Å². The predicted molar refractivity (Wildman–Crippen MR) is 92.4 cm³/mol. The van der Waals surface area contributed by atoms with Gasteiger partial charge in [-0.25, -0.2) is 0 Å². The van der Waals surface area contributed by atoms with Crippen LogP contribution >= 0.6 is 0 Å². The quantitative estimate of drug-likeness (QED) is 0.534. The highest BCUT2D eigenvalue weighted by Gasteiger charge is 2.36. The van der Waals surface area contributed by atoms with Gasteiger partial charge in [-0.05, 0) is 30.1 Å². The minimum atomic E-state index is 0.105. The van der Waals surface area contributed by atoms with Crippen molar-refractivity contribution in [1.82, 2.24) is 10.6 Å². The van der Waals surface area contributed by atoms with E-state index in [1.54, 1.807) is 14.2 Å². The second-order valence-corrected chi connectivity index (χ2v) is 7.49. The highest BCUT2D eigenvalue weighted by atomic mass is 16.5. The molecule has 0 bridgehead atoms. The Morgan fingerprint density at radius 3 is 2.32 bits per heavy atom. The fourth-order valence-electron chi connectivity index (χ4n) is 2.93. The van der Waals surface area contributed by atoms with E-state index in [0.717, 1.165) is 32.1 Å². The molecule has 1 unspecified atom stereocenters. The molecule has 0 aliphatic heterocycles. The smallest absolute Gasteiger partial charge is 0.191 e. The standard InChI is InChI=1S/C17H35N3O2/c1-16(2,3)14(22-6)12-19-15(18-4)20-13-17(8-7-9-17)10-11-21-5/h14H,7-13H2,1-6H3,(H2,18,19,20). The van der Waals surface area contributed by atoms with Crippen LogP contribution in [0.15, 0.2) is 4.99 Å². The molecule has 1 aliphatic rings. The summed E-state index contributed by atoms with van der Waals surface area (Å²) in [6.07, 6.45) is 5.16. The number of rotatable bonds is 8. The first-order valence-corrected chi connectivity index (χ1v) is 8.33. The fourth-order valence-corrected chi connectivity index (χ4v) is 2.93. The molecule has 2 N–H and O–H groups in total. The summed E-state index contributed by atoms with van der Waals surface area (Å²) in [6.45, 7) is 9.12. The normalized spacial score (nSPS) is 19.5. The molecule has 1 saturated carbocycles. The lowest BCUT2D eigenvalue weighted by Crippen LogP contribution is -2.49. The lowest BCUT2D eigenvalue weighted by molar-refractivity contribution is 0.0204. The molecule has 0 spiro atoms. The Morgan fingerprint density at radius 1 is 1.23 bits per heavy atom. The Bertz CT molecular complexity index is 346. The van der Waals surface area contributed by atoms with Crippen molar-refractivity contribution >= 4 is 5.96 Å². The summed E-state index contributed by atoms with van der Waals surface area (Å²) < 4.78 is 10.8. The largest absolute Gasteiger partial charge is 0.385 e. The van der Waals surface area contributed by atoms with Crippen molar-refractivity contribution in [1.29, 1.82) is 0 Å². The molecular weight excluding hydrogens is 278 g/mol. The highest BCUT2D eigenvalue weighted by Crippen LogP contribution is 2.43. The van der Waals surface area contributed by atoms with Crippen molar-refractivity contribution in [2.24, 2.45) is 15.8 Å². The molecule has 1 rings (SSSR count). The third kappa shape index (κ3) is 5.76. The van der Waals surface area contributed by atoms with Crippen molar-refractivity contribution in [3.63, 3.8) is 0 Å². The van der Waals surface area contributed by atoms with Gasteiger partial charge in [0.15, 0.2) is 5.96 Å². The molecule has 5 heteroatoms. The van der Waals surface area contributed by atoms with Crippen molar-refractivity contribution in [2.75, 3.05) is 41.0 Å². The number of methoxy groups -OCH3 is 2.